The molecule has 0 unspecified atom stereocenters. The van der Waals surface area contributed by atoms with Crippen LogP contribution in [0, 0.1) is 0 Å². The van der Waals surface area contributed by atoms with E-state index in [1.165, 1.54) is 36.9 Å². The fraction of sp³-hybridized carbons (Fsp3) is 0. The zero-order chi connectivity index (χ0) is 14.4. The Morgan fingerprint density at radius 2 is 1.36 bits per heavy atom. The molecule has 0 aliphatic heterocycles. The van der Waals surface area contributed by atoms with Crippen molar-refractivity contribution < 1.29 is 130 Å². The Bertz CT molecular complexity index is 527. The molecule has 2 rings (SSSR count). The molecule has 2 aromatic heterocycles. The fourth-order valence-corrected chi connectivity index (χ4v) is 1.39. The van der Waals surface area contributed by atoms with Crippen LogP contribution in [-0.2, 0) is 9.31 Å². The third-order valence-electron chi connectivity index (χ3n) is 2.35. The van der Waals surface area contributed by atoms with Gasteiger partial charge < -0.3 is 22.2 Å². The standard InChI is InChI=1S/C11H10B2N2O5.2K.2H/c16-11(19-12(17)9-3-1-5-14-7-9)20-13(18)10-4-2-6-15-8-10;;;;/h1-8,17-18H;;;;/q;2*+1;2*-1. The molecule has 0 saturated carbocycles. The maximum Gasteiger partial charge on any atom is 1.00 e. The van der Waals surface area contributed by atoms with Gasteiger partial charge in [-0.1, -0.05) is 12.1 Å². The predicted octanol–water partition coefficient (Wildman–Crippen LogP) is -7.06. The molecule has 0 spiro atoms. The van der Waals surface area contributed by atoms with Gasteiger partial charge in [-0.15, -0.1) is 0 Å². The van der Waals surface area contributed by atoms with Crippen LogP contribution >= 0.6 is 0 Å². The first kappa shape index (κ1) is 22.9. The van der Waals surface area contributed by atoms with Crippen LogP contribution in [0.5, 0.6) is 0 Å². The molecule has 0 radical (unpaired) electrons. The monoisotopic (exact) mass is 352 g/mol. The van der Waals surface area contributed by atoms with Gasteiger partial charge in [-0.2, -0.15) is 0 Å². The zero-order valence-electron chi connectivity index (χ0n) is 14.3. The normalized spacial score (nSPS) is 8.82. The molecule has 104 valence electrons. The van der Waals surface area contributed by atoms with Gasteiger partial charge in [0.25, 0.3) is 0 Å². The summed E-state index contributed by atoms with van der Waals surface area (Å²) in [5.74, 6) is 0. The smallest absolute Gasteiger partial charge is 1.00 e. The van der Waals surface area contributed by atoms with Crippen molar-refractivity contribution in [3.8, 4) is 0 Å². The molecule has 7 nitrogen and oxygen atoms in total. The number of nitrogens with zero attached hydrogens (tertiary/aromatic N) is 2. The van der Waals surface area contributed by atoms with Crippen molar-refractivity contribution in [3.05, 3.63) is 49.1 Å². The van der Waals surface area contributed by atoms with Crippen molar-refractivity contribution >= 4 is 31.3 Å². The molecule has 2 aromatic rings. The number of carbonyl (C=O) groups excluding carboxylic acids is 1. The summed E-state index contributed by atoms with van der Waals surface area (Å²) < 4.78 is 9.21. The van der Waals surface area contributed by atoms with Gasteiger partial charge in [-0.05, 0) is 12.1 Å². The molecule has 0 aliphatic rings. The van der Waals surface area contributed by atoms with E-state index in [0.717, 1.165) is 0 Å². The van der Waals surface area contributed by atoms with Crippen LogP contribution in [0.4, 0.5) is 4.79 Å². The first-order valence-corrected chi connectivity index (χ1v) is 5.70. The number of hydrogen-bond acceptors (Lipinski definition) is 7. The fourth-order valence-electron chi connectivity index (χ4n) is 1.39. The Morgan fingerprint density at radius 3 is 1.68 bits per heavy atom. The first-order chi connectivity index (χ1) is 9.66. The van der Waals surface area contributed by atoms with Crippen LogP contribution in [0.25, 0.3) is 0 Å². The van der Waals surface area contributed by atoms with Gasteiger partial charge in [0.15, 0.2) is 0 Å². The third-order valence-corrected chi connectivity index (χ3v) is 2.35. The number of aromatic nitrogens is 2. The third kappa shape index (κ3) is 7.64. The van der Waals surface area contributed by atoms with E-state index in [9.17, 15) is 14.8 Å². The molecule has 0 bridgehead atoms. The van der Waals surface area contributed by atoms with E-state index < -0.39 is 20.4 Å². The van der Waals surface area contributed by atoms with Crippen molar-refractivity contribution in [1.82, 2.24) is 9.97 Å². The van der Waals surface area contributed by atoms with E-state index in [4.69, 9.17) is 0 Å². The van der Waals surface area contributed by atoms with E-state index in [2.05, 4.69) is 19.3 Å². The first-order valence-electron chi connectivity index (χ1n) is 5.70. The number of carbonyl (C=O) groups is 1. The summed E-state index contributed by atoms with van der Waals surface area (Å²) in [4.78, 5) is 18.9. The van der Waals surface area contributed by atoms with E-state index in [-0.39, 0.29) is 106 Å². The van der Waals surface area contributed by atoms with Crippen molar-refractivity contribution in [2.24, 2.45) is 0 Å². The van der Waals surface area contributed by atoms with E-state index >= 15 is 0 Å². The van der Waals surface area contributed by atoms with E-state index in [1.54, 1.807) is 12.1 Å². The van der Waals surface area contributed by atoms with Crippen molar-refractivity contribution in [2.75, 3.05) is 0 Å². The van der Waals surface area contributed by atoms with Gasteiger partial charge in [-0.25, -0.2) is 4.79 Å². The van der Waals surface area contributed by atoms with Crippen molar-refractivity contribution in [3.63, 3.8) is 0 Å². The quantitative estimate of drug-likeness (QED) is 0.528. The van der Waals surface area contributed by atoms with Crippen LogP contribution < -0.4 is 114 Å². The molecule has 0 aliphatic carbocycles. The molecule has 0 aromatic carbocycles. The average molecular weight is 352 g/mol. The Balaban J connectivity index is -0.00000110. The number of pyridine rings is 2. The van der Waals surface area contributed by atoms with Gasteiger partial charge in [0, 0.05) is 35.7 Å². The molecule has 11 heteroatoms. The van der Waals surface area contributed by atoms with Crippen LogP contribution in [0.2, 0.25) is 0 Å². The van der Waals surface area contributed by atoms with Crippen molar-refractivity contribution in [2.45, 2.75) is 0 Å². The Labute approximate surface area is 216 Å². The van der Waals surface area contributed by atoms with Gasteiger partial charge in [0.1, 0.15) is 0 Å². The maximum absolute atomic E-state index is 11.4. The SMILES string of the molecule is O=C(OB(O)c1cccnc1)OB(O)c1cccnc1.[H-].[H-].[K+].[K+]. The minimum atomic E-state index is -1.52. The minimum absolute atomic E-state index is 0. The Morgan fingerprint density at radius 1 is 0.955 bits per heavy atom. The maximum atomic E-state index is 11.4. The Hall–Kier alpha value is 0.893. The van der Waals surface area contributed by atoms with Crippen LogP contribution in [0.3, 0.4) is 0 Å². The van der Waals surface area contributed by atoms with Crippen molar-refractivity contribution in [1.29, 1.82) is 0 Å². The molecular formula is C11H12B2K2N2O5. The molecule has 0 atom stereocenters. The minimum Gasteiger partial charge on any atom is -1.00 e. The molecule has 0 amide bonds. The summed E-state index contributed by atoms with van der Waals surface area (Å²) in [5.41, 5.74) is 0.584. The zero-order valence-corrected chi connectivity index (χ0v) is 18.5. The largest absolute Gasteiger partial charge is 1.00 e. The van der Waals surface area contributed by atoms with Crippen LogP contribution in [0.15, 0.2) is 49.1 Å². The number of rotatable bonds is 4. The summed E-state index contributed by atoms with van der Waals surface area (Å²) in [6.45, 7) is 0. The van der Waals surface area contributed by atoms with Crippen LogP contribution in [-0.4, -0.2) is 40.4 Å². The van der Waals surface area contributed by atoms with Gasteiger partial charge in [0.05, 0.1) is 0 Å². The molecule has 22 heavy (non-hydrogen) atoms. The Kier molecular flexibility index (Phi) is 12.8. The molecular weight excluding hydrogens is 340 g/mol. The number of hydrogen-bond donors (Lipinski definition) is 2. The molecule has 0 fully saturated rings. The van der Waals surface area contributed by atoms with E-state index in [1.807, 2.05) is 0 Å². The summed E-state index contributed by atoms with van der Waals surface area (Å²) in [7, 11) is -3.03. The predicted molar refractivity (Wildman–Crippen MR) is 73.5 cm³/mol. The van der Waals surface area contributed by atoms with Gasteiger partial charge in [-0.3, -0.25) is 9.97 Å². The topological polar surface area (TPSA) is 102 Å². The second-order valence-electron chi connectivity index (χ2n) is 3.76. The molecule has 2 N–H and O–H groups in total. The second kappa shape index (κ2) is 12.3. The second-order valence-corrected chi connectivity index (χ2v) is 3.76. The molecule has 0 saturated heterocycles. The van der Waals surface area contributed by atoms with E-state index in [0.29, 0.717) is 10.9 Å². The van der Waals surface area contributed by atoms with Gasteiger partial charge >= 0.3 is 123 Å². The summed E-state index contributed by atoms with van der Waals surface area (Å²) >= 11 is 0. The summed E-state index contributed by atoms with van der Waals surface area (Å²) in [6.07, 6.45) is 4.50. The van der Waals surface area contributed by atoms with Crippen LogP contribution in [0.1, 0.15) is 2.85 Å². The van der Waals surface area contributed by atoms with Gasteiger partial charge in [0.2, 0.25) is 0 Å². The summed E-state index contributed by atoms with van der Waals surface area (Å²) in [5, 5.41) is 19.2. The average Bonchev–Trinajstić information content (AvgIpc) is 2.49. The summed E-state index contributed by atoms with van der Waals surface area (Å²) in [6, 6.07) is 6.22. The molecule has 2 heterocycles.